The predicted octanol–water partition coefficient (Wildman–Crippen LogP) is 2.91. The van der Waals surface area contributed by atoms with E-state index in [2.05, 4.69) is 9.80 Å². The summed E-state index contributed by atoms with van der Waals surface area (Å²) in [5.41, 5.74) is 7.40. The van der Waals surface area contributed by atoms with Crippen LogP contribution in [0.25, 0.3) is 0 Å². The van der Waals surface area contributed by atoms with Gasteiger partial charge in [0.25, 0.3) is 0 Å². The van der Waals surface area contributed by atoms with E-state index >= 15 is 0 Å². The molecule has 1 aromatic carbocycles. The van der Waals surface area contributed by atoms with E-state index in [-0.39, 0.29) is 11.9 Å². The number of hydrogen-bond acceptors (Lipinski definition) is 3. The number of rotatable bonds is 3. The molecule has 0 unspecified atom stereocenters. The van der Waals surface area contributed by atoms with Gasteiger partial charge in [0.15, 0.2) is 0 Å². The molecule has 2 aliphatic rings. The summed E-state index contributed by atoms with van der Waals surface area (Å²) in [4.78, 5) is 4.77. The molecule has 3 nitrogen and oxygen atoms in total. The fourth-order valence-electron chi connectivity index (χ4n) is 3.66. The maximum absolute atomic E-state index is 14.3. The smallest absolute Gasteiger partial charge is 0.146 e. The molecule has 1 saturated carbocycles. The Morgan fingerprint density at radius 1 is 1.14 bits per heavy atom. The second-order valence-corrected chi connectivity index (χ2v) is 6.46. The van der Waals surface area contributed by atoms with Crippen molar-refractivity contribution < 1.29 is 4.39 Å². The molecule has 21 heavy (non-hydrogen) atoms. The Balaban J connectivity index is 1.63. The molecule has 0 radical (unpaired) electrons. The van der Waals surface area contributed by atoms with Gasteiger partial charge in [-0.15, -0.1) is 0 Å². The van der Waals surface area contributed by atoms with Gasteiger partial charge >= 0.3 is 0 Å². The number of nitrogens with zero attached hydrogens (tertiary/aromatic N) is 2. The van der Waals surface area contributed by atoms with Crippen molar-refractivity contribution >= 4 is 5.69 Å². The van der Waals surface area contributed by atoms with E-state index in [1.54, 1.807) is 6.07 Å². The van der Waals surface area contributed by atoms with Crippen LogP contribution in [0.3, 0.4) is 0 Å². The number of halogens is 1. The zero-order valence-electron chi connectivity index (χ0n) is 12.9. The third kappa shape index (κ3) is 3.22. The molecule has 1 aromatic rings. The molecule has 0 aromatic heterocycles. The molecule has 1 aliphatic carbocycles. The number of nitrogens with two attached hydrogens (primary N) is 1. The van der Waals surface area contributed by atoms with Crippen molar-refractivity contribution in [1.29, 1.82) is 0 Å². The van der Waals surface area contributed by atoms with Crippen LogP contribution in [0.1, 0.15) is 44.2 Å². The van der Waals surface area contributed by atoms with Gasteiger partial charge < -0.3 is 10.6 Å². The summed E-state index contributed by atoms with van der Waals surface area (Å²) < 4.78 is 14.3. The normalized spacial score (nSPS) is 22.7. The zero-order valence-corrected chi connectivity index (χ0v) is 12.9. The Bertz CT molecular complexity index is 475. The van der Waals surface area contributed by atoms with Gasteiger partial charge in [0.2, 0.25) is 0 Å². The highest BCUT2D eigenvalue weighted by atomic mass is 19.1. The van der Waals surface area contributed by atoms with Gasteiger partial charge in [-0.3, -0.25) is 4.90 Å². The van der Waals surface area contributed by atoms with E-state index in [1.165, 1.54) is 25.7 Å². The first-order chi connectivity index (χ1) is 10.1. The van der Waals surface area contributed by atoms with Crippen LogP contribution in [-0.4, -0.2) is 37.1 Å². The first-order valence-electron chi connectivity index (χ1n) is 8.19. The SMILES string of the molecule is C[C@@H](N)c1ccc(N2CCN(C3CCCC3)CC2)c(F)c1. The molecule has 0 amide bonds. The van der Waals surface area contributed by atoms with Crippen molar-refractivity contribution in [1.82, 2.24) is 4.90 Å². The molecule has 1 saturated heterocycles. The topological polar surface area (TPSA) is 32.5 Å². The van der Waals surface area contributed by atoms with Crippen molar-refractivity contribution in [3.8, 4) is 0 Å². The van der Waals surface area contributed by atoms with E-state index in [9.17, 15) is 4.39 Å². The highest BCUT2D eigenvalue weighted by Crippen LogP contribution is 2.27. The summed E-state index contributed by atoms with van der Waals surface area (Å²) in [5.74, 6) is -0.140. The minimum Gasteiger partial charge on any atom is -0.367 e. The monoisotopic (exact) mass is 291 g/mol. The molecular weight excluding hydrogens is 265 g/mol. The van der Waals surface area contributed by atoms with Gasteiger partial charge in [0, 0.05) is 38.3 Å². The fraction of sp³-hybridized carbons (Fsp3) is 0.647. The maximum atomic E-state index is 14.3. The van der Waals surface area contributed by atoms with Crippen molar-refractivity contribution in [2.24, 2.45) is 5.73 Å². The van der Waals surface area contributed by atoms with Crippen LogP contribution < -0.4 is 10.6 Å². The average molecular weight is 291 g/mol. The van der Waals surface area contributed by atoms with Crippen LogP contribution in [0.2, 0.25) is 0 Å². The Hall–Kier alpha value is -1.13. The summed E-state index contributed by atoms with van der Waals surface area (Å²) in [6.07, 6.45) is 5.44. The summed E-state index contributed by atoms with van der Waals surface area (Å²) >= 11 is 0. The van der Waals surface area contributed by atoms with Crippen LogP contribution in [0, 0.1) is 5.82 Å². The van der Waals surface area contributed by atoms with Gasteiger partial charge in [0.1, 0.15) is 5.82 Å². The fourth-order valence-corrected chi connectivity index (χ4v) is 3.66. The van der Waals surface area contributed by atoms with E-state index in [0.29, 0.717) is 0 Å². The lowest BCUT2D eigenvalue weighted by Gasteiger charge is -2.39. The minimum atomic E-state index is -0.140. The first kappa shape index (κ1) is 14.8. The Kier molecular flexibility index (Phi) is 4.45. The van der Waals surface area contributed by atoms with E-state index < -0.39 is 0 Å². The van der Waals surface area contributed by atoms with E-state index in [0.717, 1.165) is 43.5 Å². The van der Waals surface area contributed by atoms with Crippen molar-refractivity contribution in [2.75, 3.05) is 31.1 Å². The van der Waals surface area contributed by atoms with Crippen molar-refractivity contribution in [2.45, 2.75) is 44.7 Å². The standard InChI is InChI=1S/C17H26FN3/c1-13(19)14-6-7-17(16(18)12-14)21-10-8-20(9-11-21)15-4-2-3-5-15/h6-7,12-13,15H,2-5,8-11,19H2,1H3/t13-/m1/s1. The van der Waals surface area contributed by atoms with Crippen molar-refractivity contribution in [3.63, 3.8) is 0 Å². The highest BCUT2D eigenvalue weighted by molar-refractivity contribution is 5.50. The van der Waals surface area contributed by atoms with Gasteiger partial charge in [-0.25, -0.2) is 4.39 Å². The Morgan fingerprint density at radius 2 is 1.81 bits per heavy atom. The molecule has 1 heterocycles. The lowest BCUT2D eigenvalue weighted by Crippen LogP contribution is -2.50. The summed E-state index contributed by atoms with van der Waals surface area (Å²) in [6.45, 7) is 5.84. The number of benzene rings is 1. The lowest BCUT2D eigenvalue weighted by molar-refractivity contribution is 0.187. The Labute approximate surface area is 126 Å². The summed E-state index contributed by atoms with van der Waals surface area (Å²) in [5, 5.41) is 0. The van der Waals surface area contributed by atoms with Crippen LogP contribution in [0.15, 0.2) is 18.2 Å². The second kappa shape index (κ2) is 6.32. The van der Waals surface area contributed by atoms with Gasteiger partial charge in [0.05, 0.1) is 5.69 Å². The lowest BCUT2D eigenvalue weighted by atomic mass is 10.1. The molecule has 3 rings (SSSR count). The highest BCUT2D eigenvalue weighted by Gasteiger charge is 2.27. The molecule has 116 valence electrons. The number of hydrogen-bond donors (Lipinski definition) is 1. The first-order valence-corrected chi connectivity index (χ1v) is 8.19. The average Bonchev–Trinajstić information content (AvgIpc) is 3.01. The van der Waals surface area contributed by atoms with E-state index in [4.69, 9.17) is 5.73 Å². The predicted molar refractivity (Wildman–Crippen MR) is 85.0 cm³/mol. The molecule has 4 heteroatoms. The molecular formula is C17H26FN3. The van der Waals surface area contributed by atoms with Gasteiger partial charge in [-0.2, -0.15) is 0 Å². The number of piperazine rings is 1. The number of anilines is 1. The minimum absolute atomic E-state index is 0.118. The van der Waals surface area contributed by atoms with Crippen LogP contribution in [-0.2, 0) is 0 Å². The second-order valence-electron chi connectivity index (χ2n) is 6.46. The van der Waals surface area contributed by atoms with E-state index in [1.807, 2.05) is 19.1 Å². The van der Waals surface area contributed by atoms with Crippen LogP contribution >= 0.6 is 0 Å². The molecule has 0 bridgehead atoms. The van der Waals surface area contributed by atoms with Crippen LogP contribution in [0.5, 0.6) is 0 Å². The molecule has 0 spiro atoms. The maximum Gasteiger partial charge on any atom is 0.146 e. The molecule has 2 fully saturated rings. The Morgan fingerprint density at radius 3 is 2.38 bits per heavy atom. The van der Waals surface area contributed by atoms with Gasteiger partial charge in [-0.1, -0.05) is 18.9 Å². The van der Waals surface area contributed by atoms with Crippen molar-refractivity contribution in [3.05, 3.63) is 29.6 Å². The zero-order chi connectivity index (χ0) is 14.8. The quantitative estimate of drug-likeness (QED) is 0.929. The largest absolute Gasteiger partial charge is 0.367 e. The summed E-state index contributed by atoms with van der Waals surface area (Å²) in [7, 11) is 0. The molecule has 1 atom stereocenters. The summed E-state index contributed by atoms with van der Waals surface area (Å²) in [6, 6.07) is 6.08. The van der Waals surface area contributed by atoms with Crippen LogP contribution in [0.4, 0.5) is 10.1 Å². The molecule has 1 aliphatic heterocycles. The third-order valence-electron chi connectivity index (χ3n) is 4.99. The third-order valence-corrected chi connectivity index (χ3v) is 4.99. The van der Waals surface area contributed by atoms with Gasteiger partial charge in [-0.05, 0) is 37.5 Å². The molecule has 2 N–H and O–H groups in total.